The molecule has 0 radical (unpaired) electrons. The first-order valence-corrected chi connectivity index (χ1v) is 21.5. The van der Waals surface area contributed by atoms with Crippen molar-refractivity contribution in [3.8, 4) is 0 Å². The predicted molar refractivity (Wildman–Crippen MR) is 125 cm³/mol. The van der Waals surface area contributed by atoms with Gasteiger partial charge in [-0.3, -0.25) is 0 Å². The Hall–Kier alpha value is 0.496. The van der Waals surface area contributed by atoms with E-state index in [1.165, 1.54) is 51.8 Å². The predicted octanol–water partition coefficient (Wildman–Crippen LogP) is 8.50. The summed E-state index contributed by atoms with van der Waals surface area (Å²) in [4.78, 5) is 0. The minimum absolute atomic E-state index is 0.217. The summed E-state index contributed by atoms with van der Waals surface area (Å²) in [7, 11) is -1.77. The SMILES string of the molecule is C=C=[C](C(C)O[Si](C)(C)C(C)(C)C)[Sn]([CH2]CCC)([CH2]CCC)[CH2]CCC. The van der Waals surface area contributed by atoms with Gasteiger partial charge in [-0.1, -0.05) is 0 Å². The molecule has 154 valence electrons. The van der Waals surface area contributed by atoms with E-state index in [1.807, 2.05) is 0 Å². The van der Waals surface area contributed by atoms with E-state index in [0.717, 1.165) is 0 Å². The van der Waals surface area contributed by atoms with Crippen molar-refractivity contribution in [1.82, 2.24) is 0 Å². The van der Waals surface area contributed by atoms with E-state index in [4.69, 9.17) is 4.43 Å². The van der Waals surface area contributed by atoms with Crippen LogP contribution in [0, 0.1) is 0 Å². The van der Waals surface area contributed by atoms with Crippen LogP contribution in [0.4, 0.5) is 0 Å². The maximum atomic E-state index is 6.85. The minimum atomic E-state index is -2.49. The van der Waals surface area contributed by atoms with Crippen LogP contribution in [-0.4, -0.2) is 32.8 Å². The zero-order valence-corrected chi connectivity index (χ0v) is 23.4. The second-order valence-corrected chi connectivity index (χ2v) is 27.6. The monoisotopic (exact) mass is 488 g/mol. The van der Waals surface area contributed by atoms with E-state index in [-0.39, 0.29) is 11.1 Å². The van der Waals surface area contributed by atoms with Gasteiger partial charge in [0.05, 0.1) is 0 Å². The summed E-state index contributed by atoms with van der Waals surface area (Å²) in [6, 6.07) is 0. The third-order valence-electron chi connectivity index (χ3n) is 6.47. The maximum absolute atomic E-state index is 6.85. The molecule has 3 heteroatoms. The summed E-state index contributed by atoms with van der Waals surface area (Å²) in [6.45, 7) is 25.3. The van der Waals surface area contributed by atoms with Crippen molar-refractivity contribution < 1.29 is 4.43 Å². The normalized spacial score (nSPS) is 14.2. The van der Waals surface area contributed by atoms with Crippen molar-refractivity contribution in [2.75, 3.05) is 0 Å². The molecule has 0 heterocycles. The Labute approximate surface area is 171 Å². The summed E-state index contributed by atoms with van der Waals surface area (Å²) < 4.78 is 12.8. The Balaban J connectivity index is 5.77. The van der Waals surface area contributed by atoms with Crippen LogP contribution in [0.1, 0.15) is 87.0 Å². The second kappa shape index (κ2) is 12.1. The molecule has 0 saturated heterocycles. The molecule has 0 saturated carbocycles. The van der Waals surface area contributed by atoms with E-state index < -0.39 is 26.7 Å². The van der Waals surface area contributed by atoms with E-state index in [1.54, 1.807) is 3.59 Å². The molecular weight excluding hydrogens is 439 g/mol. The Kier molecular flexibility index (Phi) is 12.4. The van der Waals surface area contributed by atoms with E-state index >= 15 is 0 Å². The van der Waals surface area contributed by atoms with E-state index in [9.17, 15) is 0 Å². The topological polar surface area (TPSA) is 9.23 Å². The number of hydrogen-bond donors (Lipinski definition) is 0. The Morgan fingerprint density at radius 2 is 1.35 bits per heavy atom. The number of rotatable bonds is 13. The van der Waals surface area contributed by atoms with Crippen LogP contribution >= 0.6 is 0 Å². The number of unbranched alkanes of at least 4 members (excludes halogenated alkanes) is 3. The molecule has 1 nitrogen and oxygen atoms in total. The first kappa shape index (κ1) is 26.5. The molecule has 1 unspecified atom stereocenters. The van der Waals surface area contributed by atoms with Gasteiger partial charge >= 0.3 is 172 Å². The Morgan fingerprint density at radius 1 is 0.962 bits per heavy atom. The van der Waals surface area contributed by atoms with Crippen molar-refractivity contribution in [2.45, 2.75) is 125 Å². The standard InChI is InChI=1S/C11H21OSi.3C4H9.Sn/c1-8-9-10(2)12-13(6,7)11(3,4)5;3*1-3-4-2;/h10H,1H2,2-7H3;3*1,3-4H2,2H3;. The molecule has 26 heavy (non-hydrogen) atoms. The van der Waals surface area contributed by atoms with Gasteiger partial charge in [-0.05, 0) is 0 Å². The molecule has 0 aromatic rings. The average molecular weight is 487 g/mol. The quantitative estimate of drug-likeness (QED) is 0.187. The molecule has 0 fully saturated rings. The van der Waals surface area contributed by atoms with E-state index in [0.29, 0.717) is 0 Å². The van der Waals surface area contributed by atoms with Crippen molar-refractivity contribution >= 4 is 26.7 Å². The molecule has 0 aliphatic carbocycles. The van der Waals surface area contributed by atoms with Gasteiger partial charge in [-0.15, -0.1) is 0 Å². The van der Waals surface area contributed by atoms with Gasteiger partial charge < -0.3 is 0 Å². The van der Waals surface area contributed by atoms with Gasteiger partial charge in [-0.25, -0.2) is 0 Å². The zero-order chi connectivity index (χ0) is 20.4. The van der Waals surface area contributed by atoms with Crippen molar-refractivity contribution in [3.63, 3.8) is 0 Å². The first-order chi connectivity index (χ1) is 12.0. The third-order valence-corrected chi connectivity index (χ3v) is 27.2. The van der Waals surface area contributed by atoms with Crippen molar-refractivity contribution in [2.24, 2.45) is 0 Å². The van der Waals surface area contributed by atoms with Crippen LogP contribution in [0.15, 0.2) is 15.9 Å². The van der Waals surface area contributed by atoms with Gasteiger partial charge in [0.1, 0.15) is 0 Å². The van der Waals surface area contributed by atoms with Crippen LogP contribution in [0.5, 0.6) is 0 Å². The van der Waals surface area contributed by atoms with Crippen LogP contribution in [0.3, 0.4) is 0 Å². The van der Waals surface area contributed by atoms with Crippen LogP contribution in [0.25, 0.3) is 0 Å². The van der Waals surface area contributed by atoms with Gasteiger partial charge in [0.15, 0.2) is 0 Å². The van der Waals surface area contributed by atoms with Gasteiger partial charge in [0, 0.05) is 0 Å². The van der Waals surface area contributed by atoms with Crippen LogP contribution in [-0.2, 0) is 4.43 Å². The fourth-order valence-corrected chi connectivity index (χ4v) is 22.4. The molecule has 0 aromatic heterocycles. The van der Waals surface area contributed by atoms with Gasteiger partial charge in [0.2, 0.25) is 0 Å². The fourth-order valence-electron chi connectivity index (χ4n) is 3.76. The number of hydrogen-bond acceptors (Lipinski definition) is 1. The van der Waals surface area contributed by atoms with Crippen LogP contribution < -0.4 is 0 Å². The molecule has 0 amide bonds. The van der Waals surface area contributed by atoms with E-state index in [2.05, 4.69) is 73.9 Å². The third kappa shape index (κ3) is 7.85. The van der Waals surface area contributed by atoms with Crippen molar-refractivity contribution in [3.05, 3.63) is 15.9 Å². The molecule has 0 aromatic carbocycles. The second-order valence-electron chi connectivity index (χ2n) is 9.70. The Morgan fingerprint density at radius 3 is 1.62 bits per heavy atom. The summed E-state index contributed by atoms with van der Waals surface area (Å²) in [5.74, 6) is 0. The summed E-state index contributed by atoms with van der Waals surface area (Å²) in [5, 5.41) is 0.252. The molecule has 0 aliphatic rings. The molecule has 0 aliphatic heterocycles. The van der Waals surface area contributed by atoms with Gasteiger partial charge in [0.25, 0.3) is 0 Å². The zero-order valence-electron chi connectivity index (χ0n) is 19.6. The first-order valence-electron chi connectivity index (χ1n) is 11.1. The molecule has 1 atom stereocenters. The summed E-state index contributed by atoms with van der Waals surface area (Å²) in [6.07, 6.45) is 8.26. The fraction of sp³-hybridized carbons (Fsp3) is 0.870. The summed E-state index contributed by atoms with van der Waals surface area (Å²) in [5.41, 5.74) is 3.50. The average Bonchev–Trinajstić information content (AvgIpc) is 2.54. The molecular formula is C23H48OSiSn. The van der Waals surface area contributed by atoms with Crippen LogP contribution in [0.2, 0.25) is 31.4 Å². The molecule has 0 N–H and O–H groups in total. The Bertz CT molecular complexity index is 422. The summed E-state index contributed by atoms with van der Waals surface area (Å²) >= 11 is -2.49. The molecule has 0 rings (SSSR count). The molecule has 0 bridgehead atoms. The van der Waals surface area contributed by atoms with Gasteiger partial charge in [-0.2, -0.15) is 0 Å². The molecule has 0 spiro atoms. The van der Waals surface area contributed by atoms with Crippen molar-refractivity contribution in [1.29, 1.82) is 0 Å².